The summed E-state index contributed by atoms with van der Waals surface area (Å²) in [5, 5.41) is 0. The van der Waals surface area contributed by atoms with Crippen molar-refractivity contribution in [3.63, 3.8) is 0 Å². The maximum atomic E-state index is 13.5. The molecule has 2 heterocycles. The van der Waals surface area contributed by atoms with Crippen molar-refractivity contribution in [2.45, 2.75) is 38.3 Å². The highest BCUT2D eigenvalue weighted by molar-refractivity contribution is 6.09. The van der Waals surface area contributed by atoms with Crippen LogP contribution in [0, 0.1) is 23.7 Å². The second kappa shape index (κ2) is 7.39. The number of imide groups is 1. The van der Waals surface area contributed by atoms with Gasteiger partial charge >= 0.3 is 0 Å². The predicted molar refractivity (Wildman–Crippen MR) is 112 cm³/mol. The molecule has 6 atom stereocenters. The van der Waals surface area contributed by atoms with Gasteiger partial charge in [0.15, 0.2) is 11.5 Å². The Labute approximate surface area is 182 Å². The molecule has 2 bridgehead atoms. The van der Waals surface area contributed by atoms with E-state index < -0.39 is 6.04 Å². The SMILES string of the molecule is COc1ccc(C2CCCN2C(=O)C(C)N2C(=O)C3C4C=CC(C4)C3C2=O)cc1OC. The number of likely N-dealkylation sites (tertiary alicyclic amines) is 2. The van der Waals surface area contributed by atoms with Crippen LogP contribution in [-0.4, -0.2) is 54.3 Å². The molecule has 1 aromatic carbocycles. The fourth-order valence-corrected chi connectivity index (χ4v) is 6.09. The first-order valence-electron chi connectivity index (χ1n) is 11.0. The van der Waals surface area contributed by atoms with E-state index in [4.69, 9.17) is 9.47 Å². The number of hydrogen-bond acceptors (Lipinski definition) is 5. The Bertz CT molecular complexity index is 943. The number of rotatable bonds is 5. The number of allylic oxidation sites excluding steroid dienone is 2. The molecule has 0 spiro atoms. The van der Waals surface area contributed by atoms with Gasteiger partial charge in [-0.3, -0.25) is 19.3 Å². The number of fused-ring (bicyclic) bond motifs is 5. The van der Waals surface area contributed by atoms with E-state index in [2.05, 4.69) is 12.2 Å². The molecular formula is C24H28N2O5. The summed E-state index contributed by atoms with van der Waals surface area (Å²) in [7, 11) is 3.18. The average Bonchev–Trinajstić information content (AvgIpc) is 3.56. The van der Waals surface area contributed by atoms with E-state index in [1.54, 1.807) is 21.1 Å². The topological polar surface area (TPSA) is 76.2 Å². The fourth-order valence-electron chi connectivity index (χ4n) is 6.09. The molecular weight excluding hydrogens is 396 g/mol. The van der Waals surface area contributed by atoms with Gasteiger partial charge in [0.05, 0.1) is 32.1 Å². The minimum atomic E-state index is -0.786. The van der Waals surface area contributed by atoms with Gasteiger partial charge in [0.1, 0.15) is 6.04 Å². The van der Waals surface area contributed by atoms with Crippen LogP contribution in [0.5, 0.6) is 11.5 Å². The van der Waals surface area contributed by atoms with Gasteiger partial charge in [-0.1, -0.05) is 18.2 Å². The lowest BCUT2D eigenvalue weighted by atomic mass is 9.85. The minimum absolute atomic E-state index is 0.111. The number of hydrogen-bond donors (Lipinski definition) is 0. The Balaban J connectivity index is 1.37. The van der Waals surface area contributed by atoms with Gasteiger partial charge in [-0.15, -0.1) is 0 Å². The predicted octanol–water partition coefficient (Wildman–Crippen LogP) is 2.56. The van der Waals surface area contributed by atoms with E-state index in [9.17, 15) is 14.4 Å². The minimum Gasteiger partial charge on any atom is -0.493 e. The first-order valence-corrected chi connectivity index (χ1v) is 11.0. The maximum absolute atomic E-state index is 13.5. The first kappa shape index (κ1) is 20.1. The highest BCUT2D eigenvalue weighted by Gasteiger charge is 2.60. The monoisotopic (exact) mass is 424 g/mol. The van der Waals surface area contributed by atoms with Gasteiger partial charge in [-0.2, -0.15) is 0 Å². The Morgan fingerprint density at radius 3 is 2.29 bits per heavy atom. The van der Waals surface area contributed by atoms with Crippen molar-refractivity contribution in [1.82, 2.24) is 9.80 Å². The van der Waals surface area contributed by atoms with Crippen LogP contribution in [0.3, 0.4) is 0 Å². The maximum Gasteiger partial charge on any atom is 0.246 e. The van der Waals surface area contributed by atoms with E-state index >= 15 is 0 Å². The van der Waals surface area contributed by atoms with Crippen LogP contribution in [0.1, 0.15) is 37.8 Å². The molecule has 2 saturated heterocycles. The molecule has 6 unspecified atom stereocenters. The number of nitrogens with zero attached hydrogens (tertiary/aromatic N) is 2. The zero-order valence-corrected chi connectivity index (χ0v) is 18.1. The van der Waals surface area contributed by atoms with Crippen LogP contribution < -0.4 is 9.47 Å². The second-order valence-corrected chi connectivity index (χ2v) is 9.03. The van der Waals surface area contributed by atoms with Crippen LogP contribution >= 0.6 is 0 Å². The van der Waals surface area contributed by atoms with E-state index in [1.807, 2.05) is 23.1 Å². The second-order valence-electron chi connectivity index (χ2n) is 9.03. The van der Waals surface area contributed by atoms with E-state index in [0.29, 0.717) is 18.0 Å². The van der Waals surface area contributed by atoms with Crippen molar-refractivity contribution in [2.24, 2.45) is 23.7 Å². The summed E-state index contributed by atoms with van der Waals surface area (Å²) >= 11 is 0. The van der Waals surface area contributed by atoms with Gasteiger partial charge in [0.2, 0.25) is 17.7 Å². The standard InChI is InChI=1S/C24H28N2O5/c1-13(26-23(28)20-15-6-7-16(11-15)21(20)24(26)29)22(27)25-10-4-5-17(25)14-8-9-18(30-2)19(12-14)31-3/h6-9,12-13,15-17,20-21H,4-5,10-11H2,1-3H3. The lowest BCUT2D eigenvalue weighted by Crippen LogP contribution is -2.50. The molecule has 0 radical (unpaired) electrons. The van der Waals surface area contributed by atoms with Gasteiger partial charge < -0.3 is 14.4 Å². The number of carbonyl (C=O) groups excluding carboxylic acids is 3. The molecule has 2 aliphatic heterocycles. The van der Waals surface area contributed by atoms with E-state index in [1.165, 1.54) is 4.90 Å². The van der Waals surface area contributed by atoms with Crippen molar-refractivity contribution in [3.8, 4) is 11.5 Å². The van der Waals surface area contributed by atoms with Crippen LogP contribution in [0.15, 0.2) is 30.4 Å². The quantitative estimate of drug-likeness (QED) is 0.536. The molecule has 2 aliphatic carbocycles. The third-order valence-electron chi connectivity index (χ3n) is 7.58. The summed E-state index contributed by atoms with van der Waals surface area (Å²) in [5.41, 5.74) is 0.967. The molecule has 1 aromatic rings. The van der Waals surface area contributed by atoms with Crippen LogP contribution in [0.2, 0.25) is 0 Å². The van der Waals surface area contributed by atoms with E-state index in [0.717, 1.165) is 24.8 Å². The Morgan fingerprint density at radius 1 is 1.03 bits per heavy atom. The number of ether oxygens (including phenoxy) is 2. The third kappa shape index (κ3) is 2.89. The lowest BCUT2D eigenvalue weighted by molar-refractivity contribution is -0.152. The highest BCUT2D eigenvalue weighted by atomic mass is 16.5. The van der Waals surface area contributed by atoms with Crippen LogP contribution in [0.4, 0.5) is 0 Å². The summed E-state index contributed by atoms with van der Waals surface area (Å²) in [6.07, 6.45) is 6.73. The number of amides is 3. The molecule has 5 rings (SSSR count). The molecule has 164 valence electrons. The highest BCUT2D eigenvalue weighted by Crippen LogP contribution is 2.53. The van der Waals surface area contributed by atoms with Gasteiger partial charge in [-0.25, -0.2) is 0 Å². The average molecular weight is 424 g/mol. The molecule has 0 aromatic heterocycles. The molecule has 4 aliphatic rings. The summed E-state index contributed by atoms with van der Waals surface area (Å²) < 4.78 is 10.7. The largest absolute Gasteiger partial charge is 0.493 e. The first-order chi connectivity index (χ1) is 15.0. The molecule has 7 nitrogen and oxygen atoms in total. The Morgan fingerprint density at radius 2 is 1.68 bits per heavy atom. The lowest BCUT2D eigenvalue weighted by Gasteiger charge is -2.31. The normalized spacial score (nSPS) is 32.0. The summed E-state index contributed by atoms with van der Waals surface area (Å²) in [4.78, 5) is 42.8. The fraction of sp³-hybridized carbons (Fsp3) is 0.542. The Hall–Kier alpha value is -2.83. The molecule has 3 fully saturated rings. The third-order valence-corrected chi connectivity index (χ3v) is 7.58. The summed E-state index contributed by atoms with van der Waals surface area (Å²) in [6, 6.07) is 4.79. The number of carbonyl (C=O) groups is 3. The number of benzene rings is 1. The number of methoxy groups -OCH3 is 2. The summed E-state index contributed by atoms with van der Waals surface area (Å²) in [6.45, 7) is 2.30. The van der Waals surface area contributed by atoms with Gasteiger partial charge in [0.25, 0.3) is 0 Å². The van der Waals surface area contributed by atoms with Crippen LogP contribution in [0.25, 0.3) is 0 Å². The molecule has 7 heteroatoms. The van der Waals surface area contributed by atoms with Crippen molar-refractivity contribution in [1.29, 1.82) is 0 Å². The van der Waals surface area contributed by atoms with Crippen LogP contribution in [-0.2, 0) is 14.4 Å². The summed E-state index contributed by atoms with van der Waals surface area (Å²) in [5.74, 6) is 0.473. The zero-order chi connectivity index (χ0) is 21.9. The van der Waals surface area contributed by atoms with Crippen molar-refractivity contribution in [3.05, 3.63) is 35.9 Å². The molecule has 1 saturated carbocycles. The van der Waals surface area contributed by atoms with E-state index in [-0.39, 0.29) is 47.4 Å². The van der Waals surface area contributed by atoms with Crippen molar-refractivity contribution < 1.29 is 23.9 Å². The smallest absolute Gasteiger partial charge is 0.246 e. The van der Waals surface area contributed by atoms with Crippen molar-refractivity contribution in [2.75, 3.05) is 20.8 Å². The Kier molecular flexibility index (Phi) is 4.79. The zero-order valence-electron chi connectivity index (χ0n) is 18.1. The molecule has 31 heavy (non-hydrogen) atoms. The molecule has 3 amide bonds. The van der Waals surface area contributed by atoms with Gasteiger partial charge in [-0.05, 0) is 55.7 Å². The van der Waals surface area contributed by atoms with Gasteiger partial charge in [0, 0.05) is 6.54 Å². The molecule has 0 N–H and O–H groups in total. The van der Waals surface area contributed by atoms with Crippen molar-refractivity contribution >= 4 is 17.7 Å².